The van der Waals surface area contributed by atoms with Gasteiger partial charge in [-0.2, -0.15) is 0 Å². The van der Waals surface area contributed by atoms with Crippen molar-refractivity contribution in [2.45, 2.75) is 27.7 Å². The largest absolute Gasteiger partial charge is 0.310 e. The van der Waals surface area contributed by atoms with Crippen molar-refractivity contribution in [3.8, 4) is 89.0 Å². The van der Waals surface area contributed by atoms with E-state index in [0.29, 0.717) is 22.7 Å². The Morgan fingerprint density at radius 3 is 0.514 bits per heavy atom. The predicted molar refractivity (Wildman–Crippen MR) is 581 cm³/mol. The molecule has 4 nitrogen and oxygen atoms in total. The van der Waals surface area contributed by atoms with Gasteiger partial charge in [-0.05, 0) is 413 Å². The molecule has 0 spiro atoms. The van der Waals surface area contributed by atoms with E-state index in [1.165, 1.54) is 121 Å². The zero-order chi connectivity index (χ0) is 99.8. The molecule has 14 heteroatoms. The third kappa shape index (κ3) is 17.6. The first-order chi connectivity index (χ1) is 71.0. The highest BCUT2D eigenvalue weighted by Crippen LogP contribution is 2.55. The van der Waals surface area contributed by atoms with Gasteiger partial charge >= 0.3 is 0 Å². The van der Waals surface area contributed by atoms with E-state index in [9.17, 15) is 35.1 Å². The van der Waals surface area contributed by atoms with Crippen molar-refractivity contribution in [3.63, 3.8) is 0 Å². The molecular weight excluding hydrogens is 1830 g/mol. The van der Waals surface area contributed by atoms with Crippen LogP contribution in [0.1, 0.15) is 22.3 Å². The average molecular weight is 1920 g/mol. The first kappa shape index (κ1) is 91.6. The van der Waals surface area contributed by atoms with Gasteiger partial charge in [0.15, 0.2) is 0 Å². The summed E-state index contributed by atoms with van der Waals surface area (Å²) in [5.41, 5.74) is 27.0. The predicted octanol–water partition coefficient (Wildman–Crippen LogP) is 39.0. The lowest BCUT2D eigenvalue weighted by molar-refractivity contribution is 0.627. The highest BCUT2D eigenvalue weighted by molar-refractivity contribution is 6.30. The molecule has 0 aliphatic rings. The molecule has 0 heterocycles. The molecule has 0 atom stereocenters. The Kier molecular flexibility index (Phi) is 23.9. The first-order valence-corrected chi connectivity index (χ1v) is 48.0. The molecule has 0 unspecified atom stereocenters. The highest BCUT2D eigenvalue weighted by atomic mass is 19.2. The van der Waals surface area contributed by atoms with Crippen LogP contribution in [0.3, 0.4) is 0 Å². The third-order valence-electron chi connectivity index (χ3n) is 27.8. The van der Waals surface area contributed by atoms with Gasteiger partial charge in [0.1, 0.15) is 58.2 Å². The van der Waals surface area contributed by atoms with Gasteiger partial charge in [-0.3, -0.25) is 0 Å². The minimum absolute atomic E-state index is 0.317. The standard InChI is InChI=1S/C68H48F4N2.C64H38F6N2/c1-41-7-5-8-42(2)67(41)73(59-37-51(45-11-23-55(69)24-12-45)35-52(38-59)46-13-25-56(70)26-14-46)63-33-21-49-20-32-62-64(34-22-50-19-31-61(63)65(49)66(50)62)74(68-43(3)9-6-10-44(68)4)60-39-53(47-15-27-57(71)28-16-47)36-54(40-60)48-17-29-58(72)30-18-48;65-49-19-7-39(8-20-49)45-31-46(40-9-21-50(66)22-10-40)34-57(33-45)71(55-5-1-3-53(69)37-55)61-29-17-43-16-28-60-62(30-18-44-15-27-59(61)63(43)64(44)60)72(56-6-2-4-54(70)38-56)58-35-47(41-11-23-51(67)24-12-41)32-48(36-58)42-13-25-52(68)26-14-42/h5-40H,1-4H3;1-38H. The SMILES string of the molecule is Cc1cccc(C)c1N(c1cc(-c2ccc(F)cc2)cc(-c2ccc(F)cc2)c1)c1ccc2ccc3c(N(c4cc(-c5ccc(F)cc5)cc(-c5ccc(F)cc5)c4)c4c(C)cccc4C)ccc4ccc1c2c43.Fc1ccc(-c2cc(-c3ccc(F)cc3)cc(N(c3cccc(F)c3)c3ccc4ccc5c(N(c6cccc(F)c6)c6cc(-c7ccc(F)cc7)cc(-c7ccc(F)cc7)c6)ccc6ccc3c4c65)c2)cc1. The average Bonchev–Trinajstić information content (AvgIpc) is 0.724. The van der Waals surface area contributed by atoms with Crippen LogP contribution in [-0.2, 0) is 0 Å². The van der Waals surface area contributed by atoms with E-state index in [-0.39, 0.29) is 46.5 Å². The molecule has 0 fully saturated rings. The van der Waals surface area contributed by atoms with E-state index in [4.69, 9.17) is 0 Å². The van der Waals surface area contributed by atoms with Crippen LogP contribution in [0.5, 0.6) is 0 Å². The van der Waals surface area contributed by atoms with Crippen molar-refractivity contribution in [1.29, 1.82) is 0 Å². The van der Waals surface area contributed by atoms with Crippen LogP contribution < -0.4 is 19.6 Å². The van der Waals surface area contributed by atoms with E-state index in [0.717, 1.165) is 221 Å². The van der Waals surface area contributed by atoms with Gasteiger partial charge in [-0.1, -0.05) is 218 Å². The number of para-hydroxylation sites is 2. The fourth-order valence-electron chi connectivity index (χ4n) is 20.9. The van der Waals surface area contributed by atoms with Crippen molar-refractivity contribution in [2.24, 2.45) is 0 Å². The lowest BCUT2D eigenvalue weighted by Gasteiger charge is -2.32. The maximum absolute atomic E-state index is 15.5. The van der Waals surface area contributed by atoms with E-state index < -0.39 is 11.6 Å². The molecule has 0 saturated carbocycles. The topological polar surface area (TPSA) is 13.0 Å². The number of rotatable bonds is 20. The second kappa shape index (κ2) is 38.0. The van der Waals surface area contributed by atoms with Gasteiger partial charge in [0.2, 0.25) is 0 Å². The van der Waals surface area contributed by atoms with E-state index in [1.54, 1.807) is 109 Å². The van der Waals surface area contributed by atoms with Crippen molar-refractivity contribution in [2.75, 3.05) is 19.6 Å². The minimum atomic E-state index is -0.433. The summed E-state index contributed by atoms with van der Waals surface area (Å²) in [4.78, 5) is 8.70. The molecular formula is C132H86F10N4. The molecule has 0 aliphatic carbocycles. The van der Waals surface area contributed by atoms with Gasteiger partial charge in [0.25, 0.3) is 0 Å². The zero-order valence-electron chi connectivity index (χ0n) is 79.3. The lowest BCUT2D eigenvalue weighted by atomic mass is 9.90. The van der Waals surface area contributed by atoms with E-state index in [2.05, 4.69) is 183 Å². The fraction of sp³-hybridized carbons (Fsp3) is 0.0303. The van der Waals surface area contributed by atoms with Gasteiger partial charge in [-0.25, -0.2) is 43.9 Å². The monoisotopic (exact) mass is 1920 g/mol. The lowest BCUT2D eigenvalue weighted by Crippen LogP contribution is -2.14. The van der Waals surface area contributed by atoms with Crippen LogP contribution in [0.25, 0.3) is 154 Å². The first-order valence-electron chi connectivity index (χ1n) is 48.0. The molecule has 704 valence electrons. The van der Waals surface area contributed by atoms with Crippen molar-refractivity contribution in [1.82, 2.24) is 0 Å². The maximum atomic E-state index is 15.5. The number of benzene rings is 24. The van der Waals surface area contributed by atoms with Crippen LogP contribution in [0.15, 0.2) is 449 Å². The molecule has 0 amide bonds. The molecule has 24 aromatic carbocycles. The maximum Gasteiger partial charge on any atom is 0.125 e. The molecule has 0 bridgehead atoms. The van der Waals surface area contributed by atoms with Crippen LogP contribution in [0.4, 0.5) is 112 Å². The van der Waals surface area contributed by atoms with Crippen LogP contribution in [0.2, 0.25) is 0 Å². The number of anilines is 12. The van der Waals surface area contributed by atoms with Gasteiger partial charge < -0.3 is 19.6 Å². The molecule has 0 aliphatic heterocycles. The summed E-state index contributed by atoms with van der Waals surface area (Å²) in [6.45, 7) is 8.54. The number of aryl methyl sites for hydroxylation is 4. The second-order valence-corrected chi connectivity index (χ2v) is 37.1. The summed E-state index contributed by atoms with van der Waals surface area (Å²) in [6.07, 6.45) is 0. The van der Waals surface area contributed by atoms with Gasteiger partial charge in [0.05, 0.1) is 34.1 Å². The van der Waals surface area contributed by atoms with Crippen LogP contribution in [0, 0.1) is 85.9 Å². The Morgan fingerprint density at radius 1 is 0.137 bits per heavy atom. The zero-order valence-corrected chi connectivity index (χ0v) is 79.3. The molecule has 24 aromatic rings. The molecule has 0 aromatic heterocycles. The summed E-state index contributed by atoms with van der Waals surface area (Å²) >= 11 is 0. The third-order valence-corrected chi connectivity index (χ3v) is 27.8. The smallest absolute Gasteiger partial charge is 0.125 e. The molecule has 146 heavy (non-hydrogen) atoms. The highest BCUT2D eigenvalue weighted by Gasteiger charge is 2.30. The number of halogens is 10. The van der Waals surface area contributed by atoms with E-state index >= 15 is 8.78 Å². The summed E-state index contributed by atoms with van der Waals surface area (Å²) in [6, 6.07) is 135. The quantitative estimate of drug-likeness (QED) is 0.0557. The summed E-state index contributed by atoms with van der Waals surface area (Å²) in [5.74, 6) is -3.64. The van der Waals surface area contributed by atoms with Crippen molar-refractivity contribution in [3.05, 3.63) is 529 Å². The second-order valence-electron chi connectivity index (χ2n) is 37.1. The van der Waals surface area contributed by atoms with Gasteiger partial charge in [-0.15, -0.1) is 0 Å². The number of hydrogen-bond donors (Lipinski definition) is 0. The Labute approximate surface area is 837 Å². The Bertz CT molecular complexity index is 8310. The summed E-state index contributed by atoms with van der Waals surface area (Å²) in [7, 11) is 0. The van der Waals surface area contributed by atoms with Crippen LogP contribution in [-0.4, -0.2) is 0 Å². The van der Waals surface area contributed by atoms with E-state index in [1.807, 2.05) is 82.6 Å². The van der Waals surface area contributed by atoms with Crippen molar-refractivity contribution < 1.29 is 43.9 Å². The van der Waals surface area contributed by atoms with Crippen LogP contribution >= 0.6 is 0 Å². The van der Waals surface area contributed by atoms with Gasteiger partial charge in [0, 0.05) is 55.7 Å². The minimum Gasteiger partial charge on any atom is -0.310 e. The Morgan fingerprint density at radius 2 is 0.315 bits per heavy atom. The molecule has 24 rings (SSSR count). The Hall–Kier alpha value is -18.1. The summed E-state index contributed by atoms with van der Waals surface area (Å²) in [5, 5.41) is 12.0. The Balaban J connectivity index is 0.000000161. The van der Waals surface area contributed by atoms with Crippen molar-refractivity contribution >= 4 is 133 Å². The number of nitrogens with zero attached hydrogens (tertiary/aromatic N) is 4. The molecule has 0 saturated heterocycles. The number of hydrogen-bond acceptors (Lipinski definition) is 4. The normalized spacial score (nSPS) is 11.5. The molecule has 0 radical (unpaired) electrons. The fourth-order valence-corrected chi connectivity index (χ4v) is 20.9. The molecule has 0 N–H and O–H groups in total. The summed E-state index contributed by atoms with van der Waals surface area (Å²) < 4.78 is 146.